The van der Waals surface area contributed by atoms with Gasteiger partial charge in [-0.2, -0.15) is 0 Å². The number of carboxylic acids is 1. The van der Waals surface area contributed by atoms with Crippen molar-refractivity contribution in [1.29, 1.82) is 0 Å². The molecule has 3 nitrogen and oxygen atoms in total. The number of ketones is 1. The Hall–Kier alpha value is -1.06. The van der Waals surface area contributed by atoms with Crippen LogP contribution in [0.15, 0.2) is 18.2 Å². The Morgan fingerprint density at radius 3 is 2.16 bits per heavy atom. The molecule has 0 amide bonds. The Labute approximate surface area is 122 Å². The molecule has 0 unspecified atom stereocenters. The fourth-order valence-electron chi connectivity index (χ4n) is 1.73. The maximum Gasteiger partial charge on any atom is 0.303 e. The van der Waals surface area contributed by atoms with Crippen LogP contribution in [0.3, 0.4) is 0 Å². The maximum atomic E-state index is 11.9. The molecule has 0 heterocycles. The maximum absolute atomic E-state index is 11.9. The largest absolute Gasteiger partial charge is 0.481 e. The van der Waals surface area contributed by atoms with Crippen molar-refractivity contribution < 1.29 is 14.7 Å². The summed E-state index contributed by atoms with van der Waals surface area (Å²) in [6.45, 7) is 0. The second-order valence-corrected chi connectivity index (χ2v) is 5.17. The summed E-state index contributed by atoms with van der Waals surface area (Å²) in [6, 6.07) is 4.86. The molecule has 0 aliphatic carbocycles. The number of Topliss-reactive ketones (excluding diaryl/α,β-unsaturated/α-hetero) is 1. The lowest BCUT2D eigenvalue weighted by Gasteiger charge is -2.03. The molecular weight excluding hydrogens is 287 g/mol. The van der Waals surface area contributed by atoms with E-state index in [2.05, 4.69) is 0 Å². The van der Waals surface area contributed by atoms with Gasteiger partial charge in [-0.15, -0.1) is 0 Å². The Morgan fingerprint density at radius 1 is 0.947 bits per heavy atom. The van der Waals surface area contributed by atoms with Gasteiger partial charge in [0.05, 0.1) is 10.0 Å². The van der Waals surface area contributed by atoms with E-state index < -0.39 is 5.97 Å². The van der Waals surface area contributed by atoms with Gasteiger partial charge in [-0.25, -0.2) is 0 Å². The van der Waals surface area contributed by atoms with E-state index in [4.69, 9.17) is 28.3 Å². The summed E-state index contributed by atoms with van der Waals surface area (Å²) in [7, 11) is 0. The van der Waals surface area contributed by atoms with Crippen LogP contribution in [0.25, 0.3) is 0 Å². The molecule has 0 fully saturated rings. The molecule has 0 bridgehead atoms. The van der Waals surface area contributed by atoms with Crippen LogP contribution in [-0.2, 0) is 4.79 Å². The van der Waals surface area contributed by atoms with Crippen LogP contribution in [0.1, 0.15) is 48.9 Å². The van der Waals surface area contributed by atoms with Crippen molar-refractivity contribution in [2.24, 2.45) is 0 Å². The van der Waals surface area contributed by atoms with Crippen molar-refractivity contribution in [3.63, 3.8) is 0 Å². The topological polar surface area (TPSA) is 54.4 Å². The normalized spacial score (nSPS) is 10.4. The summed E-state index contributed by atoms with van der Waals surface area (Å²) < 4.78 is 0. The zero-order valence-electron chi connectivity index (χ0n) is 10.5. The summed E-state index contributed by atoms with van der Waals surface area (Å²) >= 11 is 11.6. The van der Waals surface area contributed by atoms with Gasteiger partial charge >= 0.3 is 5.97 Å². The van der Waals surface area contributed by atoms with Crippen LogP contribution >= 0.6 is 23.2 Å². The lowest BCUT2D eigenvalue weighted by molar-refractivity contribution is -0.137. The average Bonchev–Trinajstić information content (AvgIpc) is 2.36. The quantitative estimate of drug-likeness (QED) is 0.564. The molecule has 0 aliphatic heterocycles. The van der Waals surface area contributed by atoms with E-state index in [0.717, 1.165) is 19.3 Å². The molecule has 5 heteroatoms. The van der Waals surface area contributed by atoms with Gasteiger partial charge < -0.3 is 5.11 Å². The third kappa shape index (κ3) is 6.08. The predicted octanol–water partition coefficient (Wildman–Crippen LogP) is 4.60. The summed E-state index contributed by atoms with van der Waals surface area (Å²) in [5.41, 5.74) is 0.569. The van der Waals surface area contributed by atoms with Crippen molar-refractivity contribution in [3.05, 3.63) is 33.8 Å². The highest BCUT2D eigenvalue weighted by atomic mass is 35.5. The highest BCUT2D eigenvalue weighted by Gasteiger charge is 2.08. The van der Waals surface area contributed by atoms with Crippen molar-refractivity contribution >= 4 is 35.0 Å². The monoisotopic (exact) mass is 302 g/mol. The van der Waals surface area contributed by atoms with Gasteiger partial charge in [0, 0.05) is 18.4 Å². The number of unbranched alkanes of at least 4 members (excludes halogenated alkanes) is 3. The molecule has 0 atom stereocenters. The fourth-order valence-corrected chi connectivity index (χ4v) is 2.03. The zero-order valence-corrected chi connectivity index (χ0v) is 12.0. The Bertz CT molecular complexity index is 458. The lowest BCUT2D eigenvalue weighted by atomic mass is 10.0. The van der Waals surface area contributed by atoms with E-state index in [-0.39, 0.29) is 12.2 Å². The number of halogens is 2. The van der Waals surface area contributed by atoms with E-state index in [1.807, 2.05) is 0 Å². The number of benzene rings is 1. The lowest BCUT2D eigenvalue weighted by Crippen LogP contribution is -1.99. The van der Waals surface area contributed by atoms with Crippen molar-refractivity contribution in [3.8, 4) is 0 Å². The van der Waals surface area contributed by atoms with Gasteiger partial charge in [-0.1, -0.05) is 36.0 Å². The molecule has 1 N–H and O–H groups in total. The SMILES string of the molecule is O=C(O)CCCCCCC(=O)c1ccc(Cl)c(Cl)c1. The van der Waals surface area contributed by atoms with Crippen molar-refractivity contribution in [1.82, 2.24) is 0 Å². The molecule has 1 aromatic rings. The van der Waals surface area contributed by atoms with Crippen LogP contribution in [0.4, 0.5) is 0 Å². The van der Waals surface area contributed by atoms with Crippen LogP contribution in [0, 0.1) is 0 Å². The summed E-state index contributed by atoms with van der Waals surface area (Å²) in [5, 5.41) is 9.30. The first-order valence-electron chi connectivity index (χ1n) is 6.20. The fraction of sp³-hybridized carbons (Fsp3) is 0.429. The van der Waals surface area contributed by atoms with Crippen LogP contribution in [0.5, 0.6) is 0 Å². The molecule has 0 aromatic heterocycles. The second kappa shape index (κ2) is 8.18. The Morgan fingerprint density at radius 2 is 1.58 bits per heavy atom. The third-order valence-electron chi connectivity index (χ3n) is 2.79. The number of carbonyl (C=O) groups is 2. The van der Waals surface area contributed by atoms with Crippen molar-refractivity contribution in [2.45, 2.75) is 38.5 Å². The molecule has 0 aliphatic rings. The Balaban J connectivity index is 2.27. The Kier molecular flexibility index (Phi) is 6.89. The molecule has 19 heavy (non-hydrogen) atoms. The van der Waals surface area contributed by atoms with Crippen LogP contribution in [-0.4, -0.2) is 16.9 Å². The molecule has 0 radical (unpaired) electrons. The second-order valence-electron chi connectivity index (χ2n) is 4.36. The number of aliphatic carboxylic acids is 1. The van der Waals surface area contributed by atoms with Crippen LogP contribution < -0.4 is 0 Å². The van der Waals surface area contributed by atoms with E-state index in [1.54, 1.807) is 18.2 Å². The summed E-state index contributed by atoms with van der Waals surface area (Å²) in [4.78, 5) is 22.2. The predicted molar refractivity (Wildman–Crippen MR) is 76.1 cm³/mol. The number of carboxylic acid groups (broad SMARTS) is 1. The van der Waals surface area contributed by atoms with E-state index in [0.29, 0.717) is 28.5 Å². The molecule has 1 aromatic carbocycles. The van der Waals surface area contributed by atoms with Gasteiger partial charge in [0.1, 0.15) is 0 Å². The number of carbonyl (C=O) groups excluding carboxylic acids is 1. The average molecular weight is 303 g/mol. The van der Waals surface area contributed by atoms with Gasteiger partial charge in [0.25, 0.3) is 0 Å². The first kappa shape index (κ1) is 16.0. The molecule has 0 saturated carbocycles. The molecule has 0 spiro atoms. The van der Waals surface area contributed by atoms with Gasteiger partial charge in [-0.3, -0.25) is 9.59 Å². The van der Waals surface area contributed by atoms with Gasteiger partial charge in [0.2, 0.25) is 0 Å². The third-order valence-corrected chi connectivity index (χ3v) is 3.53. The molecular formula is C14H16Cl2O3. The number of hydrogen-bond acceptors (Lipinski definition) is 2. The van der Waals surface area contributed by atoms with Crippen molar-refractivity contribution in [2.75, 3.05) is 0 Å². The minimum atomic E-state index is -0.771. The smallest absolute Gasteiger partial charge is 0.303 e. The molecule has 1 rings (SSSR count). The van der Waals surface area contributed by atoms with E-state index in [1.165, 1.54) is 0 Å². The minimum absolute atomic E-state index is 0.0387. The molecule has 104 valence electrons. The first-order valence-corrected chi connectivity index (χ1v) is 6.96. The summed E-state index contributed by atoms with van der Waals surface area (Å²) in [6.07, 6.45) is 3.77. The highest BCUT2D eigenvalue weighted by molar-refractivity contribution is 6.42. The molecule has 0 saturated heterocycles. The van der Waals surface area contributed by atoms with Gasteiger partial charge in [-0.05, 0) is 31.0 Å². The number of hydrogen-bond donors (Lipinski definition) is 1. The van der Waals surface area contributed by atoms with E-state index >= 15 is 0 Å². The standard InChI is InChI=1S/C14H16Cl2O3/c15-11-8-7-10(9-12(11)16)13(17)5-3-1-2-4-6-14(18)19/h7-9H,1-6H2,(H,18,19). The summed E-state index contributed by atoms with van der Waals surface area (Å²) in [5.74, 6) is -0.733. The first-order chi connectivity index (χ1) is 9.00. The van der Waals surface area contributed by atoms with Crippen LogP contribution in [0.2, 0.25) is 10.0 Å². The van der Waals surface area contributed by atoms with E-state index in [9.17, 15) is 9.59 Å². The zero-order chi connectivity index (χ0) is 14.3. The number of rotatable bonds is 8. The highest BCUT2D eigenvalue weighted by Crippen LogP contribution is 2.23. The minimum Gasteiger partial charge on any atom is -0.481 e. The van der Waals surface area contributed by atoms with Gasteiger partial charge in [0.15, 0.2) is 5.78 Å².